The number of nitrogens with one attached hydrogen (secondary N) is 2. The molecule has 3 aromatic carbocycles. The average molecular weight is 566 g/mol. The zero-order valence-corrected chi connectivity index (χ0v) is 20.4. The minimum Gasteiger partial charge on any atom is -0.325 e. The van der Waals surface area contributed by atoms with E-state index in [1.54, 1.807) is 42.5 Å². The van der Waals surface area contributed by atoms with E-state index in [4.69, 9.17) is 0 Å². The van der Waals surface area contributed by atoms with E-state index in [2.05, 4.69) is 31.5 Å². The van der Waals surface area contributed by atoms with Gasteiger partial charge in [0.2, 0.25) is 5.91 Å². The van der Waals surface area contributed by atoms with Crippen LogP contribution in [0.25, 0.3) is 10.2 Å². The van der Waals surface area contributed by atoms with Gasteiger partial charge in [0.1, 0.15) is 0 Å². The maximum absolute atomic E-state index is 12.8. The molecule has 0 aliphatic rings. The standard InChI is InChI=1S/C23H15BrF3N3O2S2/c24-15-6-4-13(5-7-15)21(32)29-17-8-9-18-19(11-17)34-22(30-18)33-12-20(31)28-16-3-1-2-14(10-16)23(25,26)27/h1-11H,12H2,(H,28,31)(H,29,32). The van der Waals surface area contributed by atoms with Crippen molar-refractivity contribution in [3.05, 3.63) is 82.3 Å². The number of rotatable bonds is 6. The van der Waals surface area contributed by atoms with Crippen molar-refractivity contribution in [2.24, 2.45) is 0 Å². The van der Waals surface area contributed by atoms with Gasteiger partial charge in [-0.15, -0.1) is 11.3 Å². The van der Waals surface area contributed by atoms with Crippen LogP contribution in [-0.2, 0) is 11.0 Å². The SMILES string of the molecule is O=C(CSc1nc2ccc(NC(=O)c3ccc(Br)cc3)cc2s1)Nc1cccc(C(F)(F)F)c1. The van der Waals surface area contributed by atoms with Crippen LogP contribution in [0.4, 0.5) is 24.5 Å². The molecule has 1 aromatic heterocycles. The molecular formula is C23H15BrF3N3O2S2. The van der Waals surface area contributed by atoms with Gasteiger partial charge in [0.25, 0.3) is 5.91 Å². The summed E-state index contributed by atoms with van der Waals surface area (Å²) in [6.45, 7) is 0. The summed E-state index contributed by atoms with van der Waals surface area (Å²) < 4.78 is 40.8. The van der Waals surface area contributed by atoms with Crippen molar-refractivity contribution in [2.45, 2.75) is 10.5 Å². The molecule has 2 N–H and O–H groups in total. The first-order valence-electron chi connectivity index (χ1n) is 9.75. The van der Waals surface area contributed by atoms with E-state index in [1.165, 1.54) is 35.2 Å². The van der Waals surface area contributed by atoms with Crippen LogP contribution in [-0.4, -0.2) is 22.6 Å². The molecule has 0 saturated heterocycles. The molecule has 4 aromatic rings. The number of hydrogen-bond donors (Lipinski definition) is 2. The molecule has 0 aliphatic heterocycles. The van der Waals surface area contributed by atoms with Gasteiger partial charge in [-0.2, -0.15) is 13.2 Å². The molecule has 0 saturated carbocycles. The number of carbonyl (C=O) groups excluding carboxylic acids is 2. The Morgan fingerprint density at radius 2 is 1.71 bits per heavy atom. The molecule has 1 heterocycles. The van der Waals surface area contributed by atoms with Gasteiger partial charge in [-0.25, -0.2) is 4.98 Å². The van der Waals surface area contributed by atoms with Gasteiger partial charge in [0.05, 0.1) is 21.5 Å². The van der Waals surface area contributed by atoms with E-state index in [0.717, 1.165) is 21.3 Å². The summed E-state index contributed by atoms with van der Waals surface area (Å²) in [4.78, 5) is 29.1. The number of thiazole rings is 1. The van der Waals surface area contributed by atoms with Crippen molar-refractivity contribution >= 4 is 72.4 Å². The topological polar surface area (TPSA) is 71.1 Å². The number of hydrogen-bond acceptors (Lipinski definition) is 5. The van der Waals surface area contributed by atoms with Crippen molar-refractivity contribution in [1.29, 1.82) is 0 Å². The summed E-state index contributed by atoms with van der Waals surface area (Å²) in [5.74, 6) is -0.688. The number of amides is 2. The largest absolute Gasteiger partial charge is 0.416 e. The lowest BCUT2D eigenvalue weighted by Gasteiger charge is -2.09. The molecule has 0 atom stereocenters. The van der Waals surface area contributed by atoms with Crippen LogP contribution in [0.5, 0.6) is 0 Å². The summed E-state index contributed by atoms with van der Waals surface area (Å²) in [7, 11) is 0. The molecule has 2 amide bonds. The lowest BCUT2D eigenvalue weighted by Crippen LogP contribution is -2.14. The third-order valence-corrected chi connectivity index (χ3v) is 7.22. The Morgan fingerprint density at radius 1 is 0.971 bits per heavy atom. The number of alkyl halides is 3. The van der Waals surface area contributed by atoms with Crippen molar-refractivity contribution < 1.29 is 22.8 Å². The molecule has 0 aliphatic carbocycles. The minimum absolute atomic E-state index is 0.0107. The molecule has 0 spiro atoms. The molecular weight excluding hydrogens is 551 g/mol. The van der Waals surface area contributed by atoms with Crippen molar-refractivity contribution in [2.75, 3.05) is 16.4 Å². The van der Waals surface area contributed by atoms with Crippen LogP contribution in [0.3, 0.4) is 0 Å². The van der Waals surface area contributed by atoms with Gasteiger partial charge in [-0.05, 0) is 60.7 Å². The van der Waals surface area contributed by atoms with Crippen molar-refractivity contribution in [3.8, 4) is 0 Å². The number of thioether (sulfide) groups is 1. The Balaban J connectivity index is 1.37. The van der Waals surface area contributed by atoms with E-state index < -0.39 is 17.6 Å². The number of aromatic nitrogens is 1. The summed E-state index contributed by atoms with van der Waals surface area (Å²) >= 11 is 5.87. The molecule has 0 fully saturated rings. The normalized spacial score (nSPS) is 11.4. The summed E-state index contributed by atoms with van der Waals surface area (Å²) in [6.07, 6.45) is -4.48. The number of fused-ring (bicyclic) bond motifs is 1. The van der Waals surface area contributed by atoms with Crippen molar-refractivity contribution in [1.82, 2.24) is 4.98 Å². The van der Waals surface area contributed by atoms with E-state index >= 15 is 0 Å². The first-order valence-corrected chi connectivity index (χ1v) is 12.3. The fourth-order valence-electron chi connectivity index (χ4n) is 2.95. The molecule has 0 radical (unpaired) electrons. The highest BCUT2D eigenvalue weighted by Gasteiger charge is 2.30. The average Bonchev–Trinajstić information content (AvgIpc) is 3.20. The second kappa shape index (κ2) is 10.2. The molecule has 11 heteroatoms. The lowest BCUT2D eigenvalue weighted by atomic mass is 10.2. The molecule has 4 rings (SSSR count). The third-order valence-electron chi connectivity index (χ3n) is 4.53. The molecule has 5 nitrogen and oxygen atoms in total. The second-order valence-electron chi connectivity index (χ2n) is 7.04. The Labute approximate surface area is 208 Å². The first-order chi connectivity index (χ1) is 16.2. The summed E-state index contributed by atoms with van der Waals surface area (Å²) in [5.41, 5.74) is 1.11. The lowest BCUT2D eigenvalue weighted by molar-refractivity contribution is -0.137. The predicted octanol–water partition coefficient (Wildman–Crippen LogP) is 7.06. The molecule has 174 valence electrons. The predicted molar refractivity (Wildman–Crippen MR) is 133 cm³/mol. The fraction of sp³-hybridized carbons (Fsp3) is 0.0870. The van der Waals surface area contributed by atoms with Gasteiger partial charge < -0.3 is 10.6 Å². The monoisotopic (exact) mass is 565 g/mol. The van der Waals surface area contributed by atoms with E-state index in [-0.39, 0.29) is 17.3 Å². The quantitative estimate of drug-likeness (QED) is 0.245. The fourth-order valence-corrected chi connectivity index (χ4v) is 5.12. The van der Waals surface area contributed by atoms with Crippen LogP contribution >= 0.6 is 39.0 Å². The van der Waals surface area contributed by atoms with Crippen LogP contribution in [0.15, 0.2) is 75.5 Å². The van der Waals surface area contributed by atoms with Crippen LogP contribution < -0.4 is 10.6 Å². The maximum atomic E-state index is 12.8. The Bertz CT molecular complexity index is 1360. The summed E-state index contributed by atoms with van der Waals surface area (Å²) in [6, 6.07) is 16.8. The number of nitrogens with zero attached hydrogens (tertiary/aromatic N) is 1. The highest BCUT2D eigenvalue weighted by molar-refractivity contribution is 9.10. The van der Waals surface area contributed by atoms with Crippen LogP contribution in [0.1, 0.15) is 15.9 Å². The number of halogens is 4. The van der Waals surface area contributed by atoms with Gasteiger partial charge in [0, 0.05) is 21.4 Å². The number of anilines is 2. The Morgan fingerprint density at radius 3 is 2.44 bits per heavy atom. The van der Waals surface area contributed by atoms with Gasteiger partial charge in [-0.3, -0.25) is 9.59 Å². The second-order valence-corrected chi connectivity index (χ2v) is 10.2. The third kappa shape index (κ3) is 6.16. The van der Waals surface area contributed by atoms with Crippen molar-refractivity contribution in [3.63, 3.8) is 0 Å². The highest BCUT2D eigenvalue weighted by Crippen LogP contribution is 2.32. The van der Waals surface area contributed by atoms with Crippen LogP contribution in [0, 0.1) is 0 Å². The van der Waals surface area contributed by atoms with Crippen LogP contribution in [0.2, 0.25) is 0 Å². The summed E-state index contributed by atoms with van der Waals surface area (Å²) in [5, 5.41) is 5.32. The first kappa shape index (κ1) is 24.2. The van der Waals surface area contributed by atoms with Gasteiger partial charge >= 0.3 is 6.18 Å². The molecule has 0 bridgehead atoms. The molecule has 0 unspecified atom stereocenters. The Hall–Kier alpha value is -2.89. The molecule has 34 heavy (non-hydrogen) atoms. The van der Waals surface area contributed by atoms with Gasteiger partial charge in [0.15, 0.2) is 4.34 Å². The van der Waals surface area contributed by atoms with E-state index in [9.17, 15) is 22.8 Å². The highest BCUT2D eigenvalue weighted by atomic mass is 79.9. The Kier molecular flexibility index (Phi) is 7.24. The van der Waals surface area contributed by atoms with E-state index in [1.807, 2.05) is 0 Å². The number of carbonyl (C=O) groups is 2. The smallest absolute Gasteiger partial charge is 0.325 e. The zero-order valence-electron chi connectivity index (χ0n) is 17.2. The van der Waals surface area contributed by atoms with Gasteiger partial charge in [-0.1, -0.05) is 33.8 Å². The number of benzene rings is 3. The minimum atomic E-state index is -4.48. The van der Waals surface area contributed by atoms with E-state index in [0.29, 0.717) is 21.1 Å². The zero-order chi connectivity index (χ0) is 24.3. The maximum Gasteiger partial charge on any atom is 0.416 e.